The fourth-order valence-corrected chi connectivity index (χ4v) is 2.36. The van der Waals surface area contributed by atoms with Gasteiger partial charge in [-0.05, 0) is 11.6 Å². The summed E-state index contributed by atoms with van der Waals surface area (Å²) in [6.07, 6.45) is 3.77. The third-order valence-corrected chi connectivity index (χ3v) is 3.19. The topological polar surface area (TPSA) is 65.0 Å². The van der Waals surface area contributed by atoms with Crippen LogP contribution in [-0.4, -0.2) is 32.4 Å². The van der Waals surface area contributed by atoms with Crippen LogP contribution in [0.5, 0.6) is 17.2 Å². The van der Waals surface area contributed by atoms with Gasteiger partial charge in [0, 0.05) is 11.5 Å². The monoisotopic (exact) mass is 264 g/mol. The van der Waals surface area contributed by atoms with Crippen LogP contribution in [-0.2, 0) is 4.79 Å². The number of benzene rings is 1. The lowest BCUT2D eigenvalue weighted by atomic mass is 9.96. The van der Waals surface area contributed by atoms with Crippen LogP contribution in [0.3, 0.4) is 0 Å². The molecule has 1 unspecified atom stereocenters. The number of rotatable bonds is 5. The molecule has 0 saturated carbocycles. The molecule has 0 aliphatic heterocycles. The first kappa shape index (κ1) is 13.3. The van der Waals surface area contributed by atoms with Crippen molar-refractivity contribution in [3.05, 3.63) is 23.3 Å². The second kappa shape index (κ2) is 5.22. The molecule has 1 N–H and O–H groups in total. The van der Waals surface area contributed by atoms with Gasteiger partial charge < -0.3 is 19.3 Å². The van der Waals surface area contributed by atoms with Crippen molar-refractivity contribution >= 4 is 12.0 Å². The summed E-state index contributed by atoms with van der Waals surface area (Å²) in [7, 11) is 4.63. The first-order valence-corrected chi connectivity index (χ1v) is 5.85. The quantitative estimate of drug-likeness (QED) is 0.884. The van der Waals surface area contributed by atoms with E-state index < -0.39 is 5.97 Å². The zero-order valence-corrected chi connectivity index (χ0v) is 11.1. The maximum atomic E-state index is 10.9. The molecule has 0 saturated heterocycles. The van der Waals surface area contributed by atoms with E-state index in [9.17, 15) is 4.79 Å². The summed E-state index contributed by atoms with van der Waals surface area (Å²) in [5, 5.41) is 8.93. The van der Waals surface area contributed by atoms with Crippen LogP contribution in [0.4, 0.5) is 0 Å². The lowest BCUT2D eigenvalue weighted by molar-refractivity contribution is -0.137. The van der Waals surface area contributed by atoms with Gasteiger partial charge in [-0.3, -0.25) is 4.79 Å². The highest BCUT2D eigenvalue weighted by molar-refractivity contribution is 5.77. The summed E-state index contributed by atoms with van der Waals surface area (Å²) in [5.74, 6) is 0.625. The minimum absolute atomic E-state index is 0.0438. The molecule has 5 heteroatoms. The molecule has 0 bridgehead atoms. The summed E-state index contributed by atoms with van der Waals surface area (Å²) < 4.78 is 15.9. The largest absolute Gasteiger partial charge is 0.493 e. The summed E-state index contributed by atoms with van der Waals surface area (Å²) in [6.45, 7) is 0. The molecule has 1 atom stereocenters. The number of hydrogen-bond donors (Lipinski definition) is 1. The van der Waals surface area contributed by atoms with Crippen molar-refractivity contribution in [1.82, 2.24) is 0 Å². The average Bonchev–Trinajstić information content (AvgIpc) is 2.78. The highest BCUT2D eigenvalue weighted by atomic mass is 16.5. The lowest BCUT2D eigenvalue weighted by Gasteiger charge is -2.17. The second-order valence-electron chi connectivity index (χ2n) is 4.21. The van der Waals surface area contributed by atoms with Crippen LogP contribution in [0.25, 0.3) is 6.08 Å². The van der Waals surface area contributed by atoms with Crippen LogP contribution in [0.15, 0.2) is 12.1 Å². The molecule has 0 spiro atoms. The van der Waals surface area contributed by atoms with Gasteiger partial charge in [0.05, 0.1) is 27.8 Å². The van der Waals surface area contributed by atoms with Crippen molar-refractivity contribution < 1.29 is 24.1 Å². The third kappa shape index (κ3) is 2.23. The van der Waals surface area contributed by atoms with E-state index in [1.165, 1.54) is 7.11 Å². The van der Waals surface area contributed by atoms with E-state index in [-0.39, 0.29) is 12.3 Å². The molecular weight excluding hydrogens is 248 g/mol. The van der Waals surface area contributed by atoms with E-state index in [0.717, 1.165) is 11.1 Å². The number of allylic oxidation sites excluding steroid dienone is 1. The zero-order chi connectivity index (χ0) is 14.0. The Morgan fingerprint density at radius 3 is 2.42 bits per heavy atom. The SMILES string of the molecule is COc1cc2c(c(OC)c1OC)C=CC2CC(=O)O. The van der Waals surface area contributed by atoms with Crippen molar-refractivity contribution in [1.29, 1.82) is 0 Å². The highest BCUT2D eigenvalue weighted by Crippen LogP contribution is 2.48. The van der Waals surface area contributed by atoms with Crippen molar-refractivity contribution in [2.24, 2.45) is 0 Å². The molecule has 2 rings (SSSR count). The van der Waals surface area contributed by atoms with Crippen LogP contribution < -0.4 is 14.2 Å². The van der Waals surface area contributed by atoms with Gasteiger partial charge >= 0.3 is 5.97 Å². The standard InChI is InChI=1S/C14H16O5/c1-17-11-7-10-8(6-12(15)16)4-5-9(10)13(18-2)14(11)19-3/h4-5,7-8H,6H2,1-3H3,(H,15,16). The predicted octanol–water partition coefficient (Wildman–Crippen LogP) is 2.30. The fraction of sp³-hybridized carbons (Fsp3) is 0.357. The number of aliphatic carboxylic acids is 1. The maximum Gasteiger partial charge on any atom is 0.304 e. The predicted molar refractivity (Wildman–Crippen MR) is 70.1 cm³/mol. The van der Waals surface area contributed by atoms with Crippen molar-refractivity contribution in [2.75, 3.05) is 21.3 Å². The number of carboxylic acids is 1. The molecule has 0 heterocycles. The zero-order valence-electron chi connectivity index (χ0n) is 11.1. The maximum absolute atomic E-state index is 10.9. The summed E-state index contributed by atoms with van der Waals surface area (Å²) in [6, 6.07) is 1.81. The molecule has 1 aliphatic rings. The van der Waals surface area contributed by atoms with Crippen molar-refractivity contribution in [3.8, 4) is 17.2 Å². The van der Waals surface area contributed by atoms with Gasteiger partial charge in [0.25, 0.3) is 0 Å². The third-order valence-electron chi connectivity index (χ3n) is 3.19. The van der Waals surface area contributed by atoms with Gasteiger partial charge in [0.2, 0.25) is 5.75 Å². The summed E-state index contributed by atoms with van der Waals surface area (Å²) in [5.41, 5.74) is 1.74. The second-order valence-corrected chi connectivity index (χ2v) is 4.21. The Hall–Kier alpha value is -2.17. The molecule has 5 nitrogen and oxygen atoms in total. The Bertz CT molecular complexity index is 533. The molecule has 0 amide bonds. The van der Waals surface area contributed by atoms with Gasteiger partial charge in [-0.2, -0.15) is 0 Å². The molecule has 1 aromatic carbocycles. The van der Waals surface area contributed by atoms with Gasteiger partial charge in [0.15, 0.2) is 11.5 Å². The number of methoxy groups -OCH3 is 3. The van der Waals surface area contributed by atoms with Crippen LogP contribution in [0.2, 0.25) is 0 Å². The molecular formula is C14H16O5. The van der Waals surface area contributed by atoms with E-state index in [2.05, 4.69) is 0 Å². The normalized spacial score (nSPS) is 16.1. The molecule has 1 aromatic rings. The fourth-order valence-electron chi connectivity index (χ4n) is 2.36. The highest BCUT2D eigenvalue weighted by Gasteiger charge is 2.27. The molecule has 102 valence electrons. The van der Waals surface area contributed by atoms with Gasteiger partial charge in [0.1, 0.15) is 0 Å². The first-order chi connectivity index (χ1) is 9.12. The van der Waals surface area contributed by atoms with Crippen LogP contribution >= 0.6 is 0 Å². The van der Waals surface area contributed by atoms with Crippen molar-refractivity contribution in [3.63, 3.8) is 0 Å². The number of carbonyl (C=O) groups is 1. The van der Waals surface area contributed by atoms with Gasteiger partial charge in [-0.25, -0.2) is 0 Å². The smallest absolute Gasteiger partial charge is 0.304 e. The Balaban J connectivity index is 2.55. The van der Waals surface area contributed by atoms with Crippen LogP contribution in [0, 0.1) is 0 Å². The lowest BCUT2D eigenvalue weighted by Crippen LogP contribution is -2.05. The average molecular weight is 264 g/mol. The number of fused-ring (bicyclic) bond motifs is 1. The minimum Gasteiger partial charge on any atom is -0.493 e. The van der Waals surface area contributed by atoms with Crippen LogP contribution in [0.1, 0.15) is 23.5 Å². The minimum atomic E-state index is -0.837. The van der Waals surface area contributed by atoms with E-state index in [0.29, 0.717) is 17.2 Å². The Morgan fingerprint density at radius 1 is 1.21 bits per heavy atom. The van der Waals surface area contributed by atoms with Gasteiger partial charge in [-0.15, -0.1) is 0 Å². The Kier molecular flexibility index (Phi) is 3.64. The number of ether oxygens (including phenoxy) is 3. The first-order valence-electron chi connectivity index (χ1n) is 5.85. The Labute approximate surface area is 111 Å². The van der Waals surface area contributed by atoms with E-state index >= 15 is 0 Å². The van der Waals surface area contributed by atoms with E-state index in [1.54, 1.807) is 14.2 Å². The Morgan fingerprint density at radius 2 is 1.89 bits per heavy atom. The number of carboxylic acid groups (broad SMARTS) is 1. The molecule has 0 radical (unpaired) electrons. The van der Waals surface area contributed by atoms with Gasteiger partial charge in [-0.1, -0.05) is 12.2 Å². The van der Waals surface area contributed by atoms with E-state index in [1.807, 2.05) is 18.2 Å². The molecule has 1 aliphatic carbocycles. The molecule has 19 heavy (non-hydrogen) atoms. The summed E-state index contributed by atoms with van der Waals surface area (Å²) >= 11 is 0. The molecule has 0 aromatic heterocycles. The molecule has 0 fully saturated rings. The van der Waals surface area contributed by atoms with E-state index in [4.69, 9.17) is 19.3 Å². The summed E-state index contributed by atoms with van der Waals surface area (Å²) in [4.78, 5) is 10.9. The van der Waals surface area contributed by atoms with Crippen molar-refractivity contribution in [2.45, 2.75) is 12.3 Å². The number of hydrogen-bond acceptors (Lipinski definition) is 4.